The molecule has 2 aliphatic heterocycles. The molecule has 30 heavy (non-hydrogen) atoms. The van der Waals surface area contributed by atoms with Gasteiger partial charge in [0.1, 0.15) is 0 Å². The minimum Gasteiger partial charge on any atom is -0.449 e. The second-order valence-electron chi connectivity index (χ2n) is 6.47. The Morgan fingerprint density at radius 3 is 2.90 bits per heavy atom. The fourth-order valence-electron chi connectivity index (χ4n) is 2.85. The Kier molecular flexibility index (Phi) is 5.43. The molecule has 0 bridgehead atoms. The smallest absolute Gasteiger partial charge is 0.338 e. The van der Waals surface area contributed by atoms with Gasteiger partial charge >= 0.3 is 5.97 Å². The number of halogens is 1. The summed E-state index contributed by atoms with van der Waals surface area (Å²) < 4.78 is 32.4. The van der Waals surface area contributed by atoms with Gasteiger partial charge in [0.05, 0.1) is 22.7 Å². The van der Waals surface area contributed by atoms with Crippen LogP contribution in [0.5, 0.6) is 0 Å². The van der Waals surface area contributed by atoms with Crippen LogP contribution in [-0.2, 0) is 19.6 Å². The number of sulfonamides is 1. The molecule has 9 nitrogen and oxygen atoms in total. The zero-order valence-corrected chi connectivity index (χ0v) is 17.9. The highest BCUT2D eigenvalue weighted by Crippen LogP contribution is 2.42. The molecule has 4 rings (SSSR count). The van der Waals surface area contributed by atoms with Gasteiger partial charge in [-0.2, -0.15) is 0 Å². The van der Waals surface area contributed by atoms with Crippen molar-refractivity contribution in [1.29, 1.82) is 0 Å². The average Bonchev–Trinajstić information content (AvgIpc) is 3.04. The lowest BCUT2D eigenvalue weighted by molar-refractivity contribution is -0.123. The normalized spacial score (nSPS) is 17.4. The van der Waals surface area contributed by atoms with Crippen molar-refractivity contribution in [2.45, 2.75) is 17.9 Å². The van der Waals surface area contributed by atoms with E-state index in [-0.39, 0.29) is 16.5 Å². The summed E-state index contributed by atoms with van der Waals surface area (Å²) in [4.78, 5) is 31.2. The molecule has 1 N–H and O–H groups in total. The first-order valence-electron chi connectivity index (χ1n) is 8.78. The van der Waals surface area contributed by atoms with Crippen molar-refractivity contribution in [3.8, 4) is 0 Å². The first-order chi connectivity index (χ1) is 14.2. The quantitative estimate of drug-likeness (QED) is 0.539. The lowest BCUT2D eigenvalue weighted by Gasteiger charge is -2.22. The zero-order chi connectivity index (χ0) is 21.5. The molecule has 1 aromatic heterocycles. The number of carbonyl (C=O) groups excluding carboxylic acids is 2. The molecule has 1 unspecified atom stereocenters. The van der Waals surface area contributed by atoms with Crippen molar-refractivity contribution in [3.63, 3.8) is 0 Å². The Labute approximate surface area is 181 Å². The van der Waals surface area contributed by atoms with Crippen molar-refractivity contribution < 1.29 is 22.7 Å². The summed E-state index contributed by atoms with van der Waals surface area (Å²) in [5, 5.41) is 3.05. The Balaban J connectivity index is 1.45. The zero-order valence-electron chi connectivity index (χ0n) is 15.5. The molecule has 156 valence electrons. The number of hydrogen-bond acceptors (Lipinski definition) is 8. The van der Waals surface area contributed by atoms with Gasteiger partial charge in [-0.05, 0) is 49.0 Å². The van der Waals surface area contributed by atoms with E-state index in [1.165, 1.54) is 24.9 Å². The summed E-state index contributed by atoms with van der Waals surface area (Å²) in [7, 11) is -3.46. The highest BCUT2D eigenvalue weighted by atomic mass is 35.5. The number of rotatable bonds is 4. The average molecular weight is 467 g/mol. The molecule has 2 aliphatic rings. The lowest BCUT2D eigenvalue weighted by Crippen LogP contribution is -2.35. The molecule has 12 heteroatoms. The molecule has 0 fully saturated rings. The molecule has 1 atom stereocenters. The van der Waals surface area contributed by atoms with E-state index in [1.54, 1.807) is 35.2 Å². The van der Waals surface area contributed by atoms with Crippen LogP contribution in [0, 0.1) is 0 Å². The van der Waals surface area contributed by atoms with Gasteiger partial charge in [-0.3, -0.25) is 4.79 Å². The first-order valence-corrected chi connectivity index (χ1v) is 11.6. The second-order valence-corrected chi connectivity index (χ2v) is 9.60. The van der Waals surface area contributed by atoms with Crippen molar-refractivity contribution in [3.05, 3.63) is 47.2 Å². The van der Waals surface area contributed by atoms with Crippen LogP contribution < -0.4 is 10.2 Å². The van der Waals surface area contributed by atoms with E-state index in [1.807, 2.05) is 0 Å². The number of hydrogen-bond donors (Lipinski definition) is 1. The van der Waals surface area contributed by atoms with Crippen LogP contribution in [-0.4, -0.2) is 48.8 Å². The number of carbonyl (C=O) groups is 2. The summed E-state index contributed by atoms with van der Waals surface area (Å²) in [5.41, 5.74) is 1.33. The van der Waals surface area contributed by atoms with Crippen LogP contribution in [0.15, 0.2) is 45.8 Å². The van der Waals surface area contributed by atoms with Gasteiger partial charge in [0.2, 0.25) is 0 Å². The number of fused-ring (bicyclic) bond motifs is 3. The van der Waals surface area contributed by atoms with Crippen molar-refractivity contribution in [1.82, 2.24) is 4.98 Å². The van der Waals surface area contributed by atoms with Gasteiger partial charge < -0.3 is 15.0 Å². The monoisotopic (exact) mass is 466 g/mol. The number of amides is 1. The maximum Gasteiger partial charge on any atom is 0.338 e. The number of anilines is 2. The van der Waals surface area contributed by atoms with Crippen LogP contribution in [0.4, 0.5) is 11.4 Å². The predicted octanol–water partition coefficient (Wildman–Crippen LogP) is 2.53. The van der Waals surface area contributed by atoms with Crippen LogP contribution in [0.2, 0.25) is 5.15 Å². The molecular weight excluding hydrogens is 452 g/mol. The Bertz CT molecular complexity index is 1180. The topological polar surface area (TPSA) is 118 Å². The van der Waals surface area contributed by atoms with Gasteiger partial charge in [-0.1, -0.05) is 11.6 Å². The van der Waals surface area contributed by atoms with E-state index < -0.39 is 28.0 Å². The fourth-order valence-corrected chi connectivity index (χ4v) is 5.32. The Hall–Kier alpha value is -2.63. The first kappa shape index (κ1) is 20.6. The number of nitrogens with zero attached hydrogens (tertiary/aromatic N) is 3. The van der Waals surface area contributed by atoms with E-state index in [2.05, 4.69) is 14.7 Å². The standard InChI is InChI=1S/C18H15ClN4O5S2/c1-10(16(24)21-12-3-2-6-20-15(12)19)28-17(25)11-4-5-13-14(9-11)29-18-22-30(26,27)8-7-23(13)18/h2-6,9-10H,7-8H2,1H3,(H,21,24). The molecule has 2 aromatic rings. The number of amidine groups is 1. The molecular formula is C18H15ClN4O5S2. The number of ether oxygens (including phenoxy) is 1. The number of aromatic nitrogens is 1. The van der Waals surface area contributed by atoms with Crippen LogP contribution in [0.3, 0.4) is 0 Å². The molecule has 0 saturated carbocycles. The minimum atomic E-state index is -3.46. The van der Waals surface area contributed by atoms with Gasteiger partial charge in [0, 0.05) is 17.6 Å². The second kappa shape index (κ2) is 7.89. The lowest BCUT2D eigenvalue weighted by atomic mass is 10.2. The highest BCUT2D eigenvalue weighted by Gasteiger charge is 2.33. The maximum atomic E-state index is 12.5. The van der Waals surface area contributed by atoms with Crippen LogP contribution >= 0.6 is 23.4 Å². The van der Waals surface area contributed by atoms with Crippen molar-refractivity contribution >= 4 is 61.8 Å². The summed E-state index contributed by atoms with van der Waals surface area (Å²) >= 11 is 7.08. The number of thioether (sulfide) groups is 1. The summed E-state index contributed by atoms with van der Waals surface area (Å²) in [6.45, 7) is 1.75. The van der Waals surface area contributed by atoms with E-state index in [0.29, 0.717) is 22.3 Å². The Morgan fingerprint density at radius 2 is 2.13 bits per heavy atom. The van der Waals surface area contributed by atoms with Gasteiger partial charge in [0.15, 0.2) is 16.4 Å². The summed E-state index contributed by atoms with van der Waals surface area (Å²) in [6, 6.07) is 8.06. The minimum absolute atomic E-state index is 0.0616. The van der Waals surface area contributed by atoms with Crippen LogP contribution in [0.25, 0.3) is 0 Å². The highest BCUT2D eigenvalue weighted by molar-refractivity contribution is 8.15. The Morgan fingerprint density at radius 1 is 1.33 bits per heavy atom. The third-order valence-corrected chi connectivity index (χ3v) is 6.99. The third-order valence-electron chi connectivity index (χ3n) is 4.38. The molecule has 0 radical (unpaired) electrons. The number of pyridine rings is 1. The largest absolute Gasteiger partial charge is 0.449 e. The molecule has 0 saturated heterocycles. The fraction of sp³-hybridized carbons (Fsp3) is 0.222. The molecule has 0 aliphatic carbocycles. The van der Waals surface area contributed by atoms with Gasteiger partial charge in [0.25, 0.3) is 15.9 Å². The summed E-state index contributed by atoms with van der Waals surface area (Å²) in [6.07, 6.45) is 0.414. The van der Waals surface area contributed by atoms with Gasteiger partial charge in [-0.25, -0.2) is 18.2 Å². The van der Waals surface area contributed by atoms with Crippen molar-refractivity contribution in [2.24, 2.45) is 4.40 Å². The number of benzene rings is 1. The molecule has 3 heterocycles. The van der Waals surface area contributed by atoms with Crippen LogP contribution in [0.1, 0.15) is 17.3 Å². The predicted molar refractivity (Wildman–Crippen MR) is 114 cm³/mol. The molecule has 1 aromatic carbocycles. The molecule has 1 amide bonds. The van der Waals surface area contributed by atoms with E-state index in [0.717, 1.165) is 5.69 Å². The number of esters is 1. The van der Waals surface area contributed by atoms with E-state index >= 15 is 0 Å². The van der Waals surface area contributed by atoms with E-state index in [9.17, 15) is 18.0 Å². The molecule has 0 spiro atoms. The van der Waals surface area contributed by atoms with Crippen molar-refractivity contribution in [2.75, 3.05) is 22.5 Å². The SMILES string of the molecule is CC(OC(=O)c1ccc2c(c1)SC1=NS(=O)(=O)CCN12)C(=O)Nc1cccnc1Cl. The van der Waals surface area contributed by atoms with E-state index in [4.69, 9.17) is 16.3 Å². The third kappa shape index (κ3) is 4.13. The maximum absolute atomic E-state index is 12.5. The van der Waals surface area contributed by atoms with Gasteiger partial charge in [-0.15, -0.1) is 4.40 Å². The number of nitrogens with one attached hydrogen (secondary N) is 1. The summed E-state index contributed by atoms with van der Waals surface area (Å²) in [5.74, 6) is -1.29.